The molecule has 1 atom stereocenters. The number of rotatable bonds is 6. The van der Waals surface area contributed by atoms with Crippen LogP contribution in [0.1, 0.15) is 44.9 Å². The molecule has 19 heavy (non-hydrogen) atoms. The van der Waals surface area contributed by atoms with Gasteiger partial charge in [0.25, 0.3) is 0 Å². The average molecular weight is 261 g/mol. The summed E-state index contributed by atoms with van der Waals surface area (Å²) >= 11 is 0. The highest BCUT2D eigenvalue weighted by molar-refractivity contribution is 5.65. The van der Waals surface area contributed by atoms with Crippen molar-refractivity contribution in [1.29, 1.82) is 0 Å². The van der Waals surface area contributed by atoms with Crippen molar-refractivity contribution < 1.29 is 0 Å². The molecule has 1 aromatic heterocycles. The van der Waals surface area contributed by atoms with Crippen LogP contribution in [0.5, 0.6) is 0 Å². The van der Waals surface area contributed by atoms with E-state index in [1.54, 1.807) is 6.33 Å². The van der Waals surface area contributed by atoms with E-state index in [9.17, 15) is 0 Å². The maximum absolute atomic E-state index is 4.36. The maximum atomic E-state index is 4.36. The van der Waals surface area contributed by atoms with Crippen LogP contribution in [-0.2, 0) is 0 Å². The van der Waals surface area contributed by atoms with E-state index >= 15 is 0 Å². The molecule has 0 amide bonds. The van der Waals surface area contributed by atoms with Crippen LogP contribution in [0, 0.1) is 18.8 Å². The molecule has 0 aromatic carbocycles. The second-order valence-electron chi connectivity index (χ2n) is 5.64. The minimum absolute atomic E-state index is 0.732. The van der Waals surface area contributed by atoms with E-state index < -0.39 is 0 Å². The first-order chi connectivity index (χ1) is 8.97. The van der Waals surface area contributed by atoms with Crippen LogP contribution in [0.3, 0.4) is 0 Å². The van der Waals surface area contributed by atoms with E-state index in [1.165, 1.54) is 6.42 Å². The van der Waals surface area contributed by atoms with Gasteiger partial charge in [-0.15, -0.1) is 0 Å². The number of hydrogen-bond acceptors (Lipinski definition) is 3. The molecule has 1 heterocycles. The van der Waals surface area contributed by atoms with Crippen molar-refractivity contribution >= 4 is 11.9 Å². The monoisotopic (exact) mass is 261 g/mol. The lowest BCUT2D eigenvalue weighted by atomic mass is 9.90. The Morgan fingerprint density at radius 1 is 1.26 bits per heavy atom. The van der Waals surface area contributed by atoms with Crippen LogP contribution in [0.2, 0.25) is 0 Å². The van der Waals surface area contributed by atoms with Gasteiger partial charge in [0.05, 0.1) is 5.69 Å². The van der Waals surface area contributed by atoms with E-state index in [4.69, 9.17) is 0 Å². The third-order valence-electron chi connectivity index (χ3n) is 3.68. The second-order valence-corrected chi connectivity index (χ2v) is 5.64. The summed E-state index contributed by atoms with van der Waals surface area (Å²) in [7, 11) is 4.03. The Morgan fingerprint density at radius 2 is 1.95 bits per heavy atom. The van der Waals surface area contributed by atoms with Gasteiger partial charge in [-0.1, -0.05) is 39.3 Å². The molecule has 0 aliphatic rings. The van der Waals surface area contributed by atoms with Gasteiger partial charge in [0.1, 0.15) is 12.1 Å². The Balaban J connectivity index is 2.87. The first kappa shape index (κ1) is 15.7. The van der Waals surface area contributed by atoms with Crippen LogP contribution in [0.15, 0.2) is 12.4 Å². The molecule has 0 spiro atoms. The Labute approximate surface area is 117 Å². The van der Waals surface area contributed by atoms with E-state index in [0.717, 1.165) is 35.3 Å². The van der Waals surface area contributed by atoms with Gasteiger partial charge in [0.2, 0.25) is 0 Å². The summed E-state index contributed by atoms with van der Waals surface area (Å²) in [5.74, 6) is 2.47. The molecule has 1 rings (SSSR count). The van der Waals surface area contributed by atoms with E-state index in [-0.39, 0.29) is 0 Å². The van der Waals surface area contributed by atoms with Crippen LogP contribution < -0.4 is 4.90 Å². The number of hydrogen-bond donors (Lipinski definition) is 0. The minimum atomic E-state index is 0.732. The fourth-order valence-electron chi connectivity index (χ4n) is 2.29. The van der Waals surface area contributed by atoms with Crippen LogP contribution >= 0.6 is 0 Å². The van der Waals surface area contributed by atoms with Crippen molar-refractivity contribution in [1.82, 2.24) is 9.97 Å². The zero-order chi connectivity index (χ0) is 14.4. The summed E-state index contributed by atoms with van der Waals surface area (Å²) < 4.78 is 0. The minimum Gasteiger partial charge on any atom is -0.362 e. The van der Waals surface area contributed by atoms with Crippen LogP contribution in [-0.4, -0.2) is 24.1 Å². The van der Waals surface area contributed by atoms with Gasteiger partial charge in [0.15, 0.2) is 0 Å². The van der Waals surface area contributed by atoms with Crippen molar-refractivity contribution in [3.63, 3.8) is 0 Å². The molecule has 1 unspecified atom stereocenters. The van der Waals surface area contributed by atoms with E-state index in [2.05, 4.69) is 42.9 Å². The summed E-state index contributed by atoms with van der Waals surface area (Å²) in [6.07, 6.45) is 8.43. The quantitative estimate of drug-likeness (QED) is 0.776. The standard InChI is InChI=1S/C16H27N3/c1-7-14(12(2)3)9-8-10-15-13(4)17-11-18-16(15)19(5)6/h8,10-12,14H,7,9H2,1-6H3/b10-8-. The van der Waals surface area contributed by atoms with Gasteiger partial charge >= 0.3 is 0 Å². The molecule has 0 aliphatic carbocycles. The van der Waals surface area contributed by atoms with E-state index in [0.29, 0.717) is 0 Å². The van der Waals surface area contributed by atoms with Crippen molar-refractivity contribution in [3.8, 4) is 0 Å². The molecule has 3 nitrogen and oxygen atoms in total. The SMILES string of the molecule is CCC(C/C=C\c1c(C)ncnc1N(C)C)C(C)C. The van der Waals surface area contributed by atoms with Crippen molar-refractivity contribution in [2.75, 3.05) is 19.0 Å². The summed E-state index contributed by atoms with van der Waals surface area (Å²) in [6, 6.07) is 0. The van der Waals surface area contributed by atoms with E-state index in [1.807, 2.05) is 25.9 Å². The fraction of sp³-hybridized carbons (Fsp3) is 0.625. The lowest BCUT2D eigenvalue weighted by molar-refractivity contribution is 0.377. The highest BCUT2D eigenvalue weighted by Crippen LogP contribution is 2.22. The average Bonchev–Trinajstić information content (AvgIpc) is 2.35. The molecule has 0 fully saturated rings. The highest BCUT2D eigenvalue weighted by atomic mass is 15.1. The molecule has 3 heteroatoms. The first-order valence-corrected chi connectivity index (χ1v) is 7.12. The predicted octanol–water partition coefficient (Wildman–Crippen LogP) is 3.94. The molecule has 0 radical (unpaired) electrons. The van der Waals surface area contributed by atoms with Gasteiger partial charge < -0.3 is 4.90 Å². The van der Waals surface area contributed by atoms with Crippen molar-refractivity contribution in [2.24, 2.45) is 11.8 Å². The van der Waals surface area contributed by atoms with Crippen LogP contribution in [0.25, 0.3) is 6.08 Å². The smallest absolute Gasteiger partial charge is 0.138 e. The zero-order valence-electron chi connectivity index (χ0n) is 13.1. The third-order valence-corrected chi connectivity index (χ3v) is 3.68. The Hall–Kier alpha value is -1.38. The largest absolute Gasteiger partial charge is 0.362 e. The fourth-order valence-corrected chi connectivity index (χ4v) is 2.29. The molecule has 106 valence electrons. The Morgan fingerprint density at radius 3 is 2.47 bits per heavy atom. The first-order valence-electron chi connectivity index (χ1n) is 7.12. The summed E-state index contributed by atoms with van der Waals surface area (Å²) in [6.45, 7) is 8.89. The topological polar surface area (TPSA) is 29.0 Å². The molecule has 0 saturated carbocycles. The zero-order valence-corrected chi connectivity index (χ0v) is 13.1. The number of nitrogens with zero attached hydrogens (tertiary/aromatic N) is 3. The molecule has 0 aliphatic heterocycles. The summed E-state index contributed by atoms with van der Waals surface area (Å²) in [4.78, 5) is 10.7. The molecule has 0 bridgehead atoms. The summed E-state index contributed by atoms with van der Waals surface area (Å²) in [5, 5.41) is 0. The Kier molecular flexibility index (Phi) is 6.00. The number of aromatic nitrogens is 2. The van der Waals surface area contributed by atoms with Crippen molar-refractivity contribution in [3.05, 3.63) is 23.7 Å². The number of anilines is 1. The van der Waals surface area contributed by atoms with Gasteiger partial charge in [0, 0.05) is 19.7 Å². The number of allylic oxidation sites excluding steroid dienone is 1. The predicted molar refractivity (Wildman–Crippen MR) is 83.4 cm³/mol. The Bertz CT molecular complexity index is 422. The normalized spacial score (nSPS) is 13.2. The molecular weight excluding hydrogens is 234 g/mol. The van der Waals surface area contributed by atoms with Gasteiger partial charge in [-0.2, -0.15) is 0 Å². The molecule has 0 N–H and O–H groups in total. The number of aryl methyl sites for hydroxylation is 1. The third kappa shape index (κ3) is 4.34. The second kappa shape index (κ2) is 7.27. The van der Waals surface area contributed by atoms with Crippen molar-refractivity contribution in [2.45, 2.75) is 40.5 Å². The summed E-state index contributed by atoms with van der Waals surface area (Å²) in [5.41, 5.74) is 2.17. The maximum Gasteiger partial charge on any atom is 0.138 e. The molecule has 1 aromatic rings. The van der Waals surface area contributed by atoms with Gasteiger partial charge in [-0.05, 0) is 25.2 Å². The van der Waals surface area contributed by atoms with Gasteiger partial charge in [-0.25, -0.2) is 9.97 Å². The molecule has 0 saturated heterocycles. The highest BCUT2D eigenvalue weighted by Gasteiger charge is 2.10. The van der Waals surface area contributed by atoms with Gasteiger partial charge in [-0.3, -0.25) is 0 Å². The lowest BCUT2D eigenvalue weighted by Gasteiger charge is -2.17. The van der Waals surface area contributed by atoms with Crippen LogP contribution in [0.4, 0.5) is 5.82 Å². The lowest BCUT2D eigenvalue weighted by Crippen LogP contribution is -2.13. The molecular formula is C16H27N3.